The Hall–Kier alpha value is -1.79. The lowest BCUT2D eigenvalue weighted by molar-refractivity contribution is -0.150. The predicted octanol–water partition coefficient (Wildman–Crippen LogP) is -0.364. The number of hydrogen-bond acceptors (Lipinski definition) is 8. The molecule has 10 nitrogen and oxygen atoms in total. The fraction of sp³-hybridized carbons (Fsp3) is 0.667. The number of carbonyl (C=O) groups is 3. The lowest BCUT2D eigenvalue weighted by Gasteiger charge is -2.31. The van der Waals surface area contributed by atoms with Gasteiger partial charge in [0.05, 0.1) is 18.2 Å². The molecule has 1 aromatic rings. The Labute approximate surface area is 163 Å². The fourth-order valence-electron chi connectivity index (χ4n) is 3.97. The zero-order chi connectivity index (χ0) is 19.8. The third kappa shape index (κ3) is 3.65. The van der Waals surface area contributed by atoms with E-state index in [2.05, 4.69) is 20.7 Å². The van der Waals surface area contributed by atoms with Gasteiger partial charge in [-0.25, -0.2) is 4.79 Å². The van der Waals surface area contributed by atoms with Crippen molar-refractivity contribution in [2.75, 3.05) is 12.0 Å². The number of rotatable bonds is 9. The topological polar surface area (TPSA) is 171 Å². The SMILES string of the molecule is CSCCC(N)C(=O)NC1(C(=O)O)CC(Sc2cn[nH]n2)C2C(C(=O)O)C21. The number of aliphatic carboxylic acids is 2. The number of aromatic nitrogens is 3. The van der Waals surface area contributed by atoms with E-state index >= 15 is 0 Å². The van der Waals surface area contributed by atoms with Crippen LogP contribution in [0, 0.1) is 17.8 Å². The molecule has 1 amide bonds. The number of hydrogen-bond donors (Lipinski definition) is 5. The first-order chi connectivity index (χ1) is 12.8. The average Bonchev–Trinajstić information content (AvgIpc) is 3.02. The van der Waals surface area contributed by atoms with Crippen molar-refractivity contribution in [1.82, 2.24) is 20.7 Å². The average molecular weight is 415 g/mol. The summed E-state index contributed by atoms with van der Waals surface area (Å²) in [5, 5.41) is 32.4. The summed E-state index contributed by atoms with van der Waals surface area (Å²) in [4.78, 5) is 36.3. The van der Waals surface area contributed by atoms with Crippen LogP contribution in [0.5, 0.6) is 0 Å². The first-order valence-electron chi connectivity index (χ1n) is 8.37. The summed E-state index contributed by atoms with van der Waals surface area (Å²) in [5.41, 5.74) is 4.24. The molecule has 6 atom stereocenters. The largest absolute Gasteiger partial charge is 0.481 e. The van der Waals surface area contributed by atoms with Gasteiger partial charge in [-0.05, 0) is 30.8 Å². The van der Waals surface area contributed by atoms with Gasteiger partial charge in [0.2, 0.25) is 5.91 Å². The van der Waals surface area contributed by atoms with Crippen molar-refractivity contribution in [3.8, 4) is 0 Å². The van der Waals surface area contributed by atoms with E-state index in [1.165, 1.54) is 29.7 Å². The van der Waals surface area contributed by atoms with Crippen molar-refractivity contribution >= 4 is 41.4 Å². The summed E-state index contributed by atoms with van der Waals surface area (Å²) < 4.78 is 0. The number of carboxylic acid groups (broad SMARTS) is 2. The van der Waals surface area contributed by atoms with Crippen LogP contribution in [0.1, 0.15) is 12.8 Å². The van der Waals surface area contributed by atoms with E-state index in [0.717, 1.165) is 0 Å². The summed E-state index contributed by atoms with van der Waals surface area (Å²) in [7, 11) is 0. The van der Waals surface area contributed by atoms with E-state index in [1.807, 2.05) is 6.26 Å². The maximum Gasteiger partial charge on any atom is 0.329 e. The molecule has 12 heteroatoms. The standard InChI is InChI=1S/C15H21N5O5S2/c1-26-3-2-6(16)12(21)18-15(14(24)25)4-7(27-8-5-17-20-19-8)9-10(11(9)15)13(22)23/h5-7,9-11H,2-4,16H2,1H3,(H,18,21)(H,22,23)(H,24,25)(H,17,19,20). The van der Waals surface area contributed by atoms with Crippen LogP contribution in [0.15, 0.2) is 11.2 Å². The van der Waals surface area contributed by atoms with Crippen LogP contribution in [-0.4, -0.2) is 72.3 Å². The van der Waals surface area contributed by atoms with Gasteiger partial charge in [-0.1, -0.05) is 11.8 Å². The second-order valence-electron chi connectivity index (χ2n) is 6.79. The Balaban J connectivity index is 1.82. The maximum absolute atomic E-state index is 12.5. The molecule has 2 aliphatic carbocycles. The molecular weight excluding hydrogens is 394 g/mol. The number of fused-ring (bicyclic) bond motifs is 1. The summed E-state index contributed by atoms with van der Waals surface area (Å²) in [6, 6.07) is -0.837. The lowest BCUT2D eigenvalue weighted by Crippen LogP contribution is -2.59. The number of amides is 1. The molecule has 1 heterocycles. The van der Waals surface area contributed by atoms with Gasteiger partial charge in [-0.2, -0.15) is 22.1 Å². The number of thioether (sulfide) groups is 2. The van der Waals surface area contributed by atoms with Crippen molar-refractivity contribution in [2.45, 2.75) is 34.7 Å². The number of nitrogens with two attached hydrogens (primary N) is 1. The number of aromatic amines is 1. The molecular formula is C15H21N5O5S2. The van der Waals surface area contributed by atoms with Gasteiger partial charge in [0.25, 0.3) is 0 Å². The number of nitrogens with zero attached hydrogens (tertiary/aromatic N) is 2. The van der Waals surface area contributed by atoms with Crippen molar-refractivity contribution in [1.29, 1.82) is 0 Å². The van der Waals surface area contributed by atoms with Crippen LogP contribution >= 0.6 is 23.5 Å². The van der Waals surface area contributed by atoms with Crippen LogP contribution in [-0.2, 0) is 14.4 Å². The zero-order valence-corrected chi connectivity index (χ0v) is 16.1. The fourth-order valence-corrected chi connectivity index (χ4v) is 5.82. The third-order valence-corrected chi connectivity index (χ3v) is 7.11. The van der Waals surface area contributed by atoms with Crippen molar-refractivity contribution in [3.05, 3.63) is 6.20 Å². The molecule has 2 saturated carbocycles. The highest BCUT2D eigenvalue weighted by Gasteiger charge is 2.75. The smallest absolute Gasteiger partial charge is 0.329 e. The second-order valence-corrected chi connectivity index (χ2v) is 9.03. The lowest BCUT2D eigenvalue weighted by atomic mass is 9.89. The van der Waals surface area contributed by atoms with E-state index in [9.17, 15) is 24.6 Å². The maximum atomic E-state index is 12.5. The van der Waals surface area contributed by atoms with Crippen molar-refractivity contribution < 1.29 is 24.6 Å². The zero-order valence-electron chi connectivity index (χ0n) is 14.5. The van der Waals surface area contributed by atoms with Crippen molar-refractivity contribution in [2.24, 2.45) is 23.5 Å². The normalized spacial score (nSPS) is 32.5. The number of H-pyrrole nitrogens is 1. The Morgan fingerprint density at radius 3 is 2.78 bits per heavy atom. The summed E-state index contributed by atoms with van der Waals surface area (Å²) >= 11 is 2.82. The van der Waals surface area contributed by atoms with E-state index in [0.29, 0.717) is 17.2 Å². The Morgan fingerprint density at radius 2 is 2.22 bits per heavy atom. The molecule has 0 bridgehead atoms. The molecule has 6 unspecified atom stereocenters. The minimum absolute atomic E-state index is 0.111. The number of nitrogens with one attached hydrogen (secondary N) is 2. The van der Waals surface area contributed by atoms with Crippen molar-refractivity contribution in [3.63, 3.8) is 0 Å². The van der Waals surface area contributed by atoms with Crippen LogP contribution < -0.4 is 11.1 Å². The van der Waals surface area contributed by atoms with E-state index in [1.54, 1.807) is 0 Å². The molecule has 0 spiro atoms. The van der Waals surface area contributed by atoms with Gasteiger partial charge in [0, 0.05) is 11.2 Å². The van der Waals surface area contributed by atoms with Crippen LogP contribution in [0.25, 0.3) is 0 Å². The monoisotopic (exact) mass is 415 g/mol. The quantitative estimate of drug-likeness (QED) is 0.358. The molecule has 27 heavy (non-hydrogen) atoms. The molecule has 2 fully saturated rings. The molecule has 148 valence electrons. The highest BCUT2D eigenvalue weighted by atomic mass is 32.2. The van der Waals surface area contributed by atoms with E-state index in [4.69, 9.17) is 5.73 Å². The minimum atomic E-state index is -1.64. The van der Waals surface area contributed by atoms with Gasteiger partial charge >= 0.3 is 11.9 Å². The third-order valence-electron chi connectivity index (χ3n) is 5.24. The molecule has 0 radical (unpaired) electrons. The molecule has 2 aliphatic rings. The Bertz CT molecular complexity index is 732. The number of carboxylic acids is 2. The van der Waals surface area contributed by atoms with Crippen LogP contribution in [0.3, 0.4) is 0 Å². The van der Waals surface area contributed by atoms with Gasteiger partial charge < -0.3 is 21.3 Å². The van der Waals surface area contributed by atoms with Crippen LogP contribution in [0.4, 0.5) is 0 Å². The highest BCUT2D eigenvalue weighted by molar-refractivity contribution is 7.99. The van der Waals surface area contributed by atoms with Gasteiger partial charge in [0.1, 0.15) is 10.6 Å². The summed E-state index contributed by atoms with van der Waals surface area (Å²) in [5.74, 6) is -4.02. The van der Waals surface area contributed by atoms with E-state index < -0.39 is 41.3 Å². The summed E-state index contributed by atoms with van der Waals surface area (Å²) in [6.07, 6.45) is 3.91. The molecule has 1 aromatic heterocycles. The highest BCUT2D eigenvalue weighted by Crippen LogP contribution is 2.65. The van der Waals surface area contributed by atoms with Crippen LogP contribution in [0.2, 0.25) is 0 Å². The Kier molecular flexibility index (Phi) is 5.68. The Morgan fingerprint density at radius 1 is 1.48 bits per heavy atom. The van der Waals surface area contributed by atoms with Gasteiger partial charge in [-0.15, -0.1) is 5.10 Å². The second kappa shape index (κ2) is 7.68. The molecule has 3 rings (SSSR count). The van der Waals surface area contributed by atoms with E-state index in [-0.39, 0.29) is 17.6 Å². The predicted molar refractivity (Wildman–Crippen MR) is 98.2 cm³/mol. The molecule has 0 aliphatic heterocycles. The first kappa shape index (κ1) is 20.0. The van der Waals surface area contributed by atoms with Gasteiger partial charge in [-0.3, -0.25) is 9.59 Å². The first-order valence-corrected chi connectivity index (χ1v) is 10.6. The minimum Gasteiger partial charge on any atom is -0.481 e. The molecule has 0 aromatic carbocycles. The molecule has 0 saturated heterocycles. The molecule has 6 N–H and O–H groups in total. The van der Waals surface area contributed by atoms with Gasteiger partial charge in [0.15, 0.2) is 0 Å². The summed E-state index contributed by atoms with van der Waals surface area (Å²) in [6.45, 7) is 0. The number of carbonyl (C=O) groups excluding carboxylic acids is 1.